The first-order valence-electron chi connectivity index (χ1n) is 5.46. The Morgan fingerprint density at radius 1 is 1.33 bits per heavy atom. The smallest absolute Gasteiger partial charge is 0.122 e. The van der Waals surface area contributed by atoms with Gasteiger partial charge in [0.25, 0.3) is 0 Å². The fraction of sp³-hybridized carbons (Fsp3) is 0.385. The van der Waals surface area contributed by atoms with Crippen molar-refractivity contribution in [3.63, 3.8) is 0 Å². The molecule has 1 heterocycles. The molecule has 0 saturated carbocycles. The predicted octanol–water partition coefficient (Wildman–Crippen LogP) is 2.39. The van der Waals surface area contributed by atoms with Crippen LogP contribution in [-0.2, 0) is 15.9 Å². The molecule has 15 heavy (non-hydrogen) atoms. The molecule has 1 unspecified atom stereocenters. The highest BCUT2D eigenvalue weighted by molar-refractivity contribution is 5.65. The Morgan fingerprint density at radius 3 is 3.07 bits per heavy atom. The third-order valence-corrected chi connectivity index (χ3v) is 2.85. The summed E-state index contributed by atoms with van der Waals surface area (Å²) in [4.78, 5) is 0. The van der Waals surface area contributed by atoms with Crippen molar-refractivity contribution in [2.24, 2.45) is 0 Å². The van der Waals surface area contributed by atoms with E-state index in [4.69, 9.17) is 9.47 Å². The van der Waals surface area contributed by atoms with Gasteiger partial charge in [-0.15, -0.1) is 0 Å². The van der Waals surface area contributed by atoms with E-state index in [1.54, 1.807) is 0 Å². The largest absolute Gasteiger partial charge is 0.490 e. The zero-order valence-electron chi connectivity index (χ0n) is 8.61. The van der Waals surface area contributed by atoms with Crippen LogP contribution < -0.4 is 0 Å². The van der Waals surface area contributed by atoms with Crippen LogP contribution >= 0.6 is 0 Å². The van der Waals surface area contributed by atoms with Crippen molar-refractivity contribution in [2.75, 3.05) is 13.2 Å². The third-order valence-electron chi connectivity index (χ3n) is 2.85. The van der Waals surface area contributed by atoms with E-state index in [9.17, 15) is 0 Å². The lowest BCUT2D eigenvalue weighted by Crippen LogP contribution is -2.06. The molecule has 1 aromatic carbocycles. The van der Waals surface area contributed by atoms with E-state index in [0.717, 1.165) is 25.2 Å². The molecule has 2 heteroatoms. The fourth-order valence-electron chi connectivity index (χ4n) is 1.93. The molecule has 0 bridgehead atoms. The summed E-state index contributed by atoms with van der Waals surface area (Å²) < 4.78 is 10.9. The van der Waals surface area contributed by atoms with Crippen LogP contribution in [0.15, 0.2) is 30.3 Å². The normalized spacial score (nSPS) is 22.9. The summed E-state index contributed by atoms with van der Waals surface area (Å²) in [5, 5.41) is 0. The van der Waals surface area contributed by atoms with Crippen molar-refractivity contribution in [3.8, 4) is 0 Å². The lowest BCUT2D eigenvalue weighted by molar-refractivity contribution is 0.232. The Balaban J connectivity index is 1.79. The van der Waals surface area contributed by atoms with Gasteiger partial charge in [-0.2, -0.15) is 0 Å². The molecular weight excluding hydrogens is 188 g/mol. The van der Waals surface area contributed by atoms with Crippen molar-refractivity contribution in [1.82, 2.24) is 0 Å². The molecule has 0 radical (unpaired) electrons. The first-order chi connectivity index (χ1) is 7.43. The lowest BCUT2D eigenvalue weighted by Gasteiger charge is -2.17. The topological polar surface area (TPSA) is 21.8 Å². The van der Waals surface area contributed by atoms with E-state index >= 15 is 0 Å². The maximum absolute atomic E-state index is 5.77. The predicted molar refractivity (Wildman–Crippen MR) is 58.4 cm³/mol. The van der Waals surface area contributed by atoms with Crippen molar-refractivity contribution < 1.29 is 9.47 Å². The van der Waals surface area contributed by atoms with Crippen LogP contribution in [0.25, 0.3) is 5.76 Å². The highest BCUT2D eigenvalue weighted by Gasteiger charge is 2.24. The Bertz CT molecular complexity index is 391. The minimum atomic E-state index is 0.333. The highest BCUT2D eigenvalue weighted by atomic mass is 16.6. The van der Waals surface area contributed by atoms with Crippen LogP contribution in [-0.4, -0.2) is 19.3 Å². The van der Waals surface area contributed by atoms with Gasteiger partial charge < -0.3 is 9.47 Å². The van der Waals surface area contributed by atoms with Gasteiger partial charge >= 0.3 is 0 Å². The highest BCUT2D eigenvalue weighted by Crippen LogP contribution is 2.27. The molecule has 1 saturated heterocycles. The van der Waals surface area contributed by atoms with Gasteiger partial charge in [-0.1, -0.05) is 24.3 Å². The van der Waals surface area contributed by atoms with E-state index in [-0.39, 0.29) is 0 Å². The number of hydrogen-bond donors (Lipinski definition) is 0. The molecule has 0 aromatic heterocycles. The summed E-state index contributed by atoms with van der Waals surface area (Å²) in [5.41, 5.74) is 2.65. The number of aryl methyl sites for hydroxylation is 1. The molecule has 1 aliphatic carbocycles. The molecule has 0 amide bonds. The number of hydrogen-bond acceptors (Lipinski definition) is 2. The molecule has 1 fully saturated rings. The first-order valence-corrected chi connectivity index (χ1v) is 5.46. The molecule has 1 atom stereocenters. The van der Waals surface area contributed by atoms with Gasteiger partial charge in [0.1, 0.15) is 18.5 Å². The summed E-state index contributed by atoms with van der Waals surface area (Å²) >= 11 is 0. The van der Waals surface area contributed by atoms with E-state index < -0.39 is 0 Å². The van der Waals surface area contributed by atoms with Gasteiger partial charge in [-0.05, 0) is 24.5 Å². The van der Waals surface area contributed by atoms with Crippen LogP contribution in [0.1, 0.15) is 17.5 Å². The van der Waals surface area contributed by atoms with Crippen LogP contribution in [0.2, 0.25) is 0 Å². The minimum absolute atomic E-state index is 0.333. The quantitative estimate of drug-likeness (QED) is 0.702. The Morgan fingerprint density at radius 2 is 2.20 bits per heavy atom. The van der Waals surface area contributed by atoms with Gasteiger partial charge in [0.15, 0.2) is 0 Å². The summed E-state index contributed by atoms with van der Waals surface area (Å²) in [5.74, 6) is 1.03. The van der Waals surface area contributed by atoms with Crippen molar-refractivity contribution in [3.05, 3.63) is 41.5 Å². The Hall–Kier alpha value is -1.28. The van der Waals surface area contributed by atoms with Crippen LogP contribution in [0.3, 0.4) is 0 Å². The van der Waals surface area contributed by atoms with Crippen molar-refractivity contribution in [2.45, 2.75) is 18.9 Å². The molecule has 2 aliphatic rings. The summed E-state index contributed by atoms with van der Waals surface area (Å²) in [6.45, 7) is 1.55. The van der Waals surface area contributed by atoms with Gasteiger partial charge in [-0.3, -0.25) is 0 Å². The van der Waals surface area contributed by atoms with E-state index in [0.29, 0.717) is 12.7 Å². The van der Waals surface area contributed by atoms with Crippen molar-refractivity contribution in [1.29, 1.82) is 0 Å². The van der Waals surface area contributed by atoms with Crippen LogP contribution in [0.5, 0.6) is 0 Å². The van der Waals surface area contributed by atoms with E-state index in [1.807, 2.05) is 0 Å². The molecule has 1 aliphatic heterocycles. The number of fused-ring (bicyclic) bond motifs is 1. The van der Waals surface area contributed by atoms with Crippen LogP contribution in [0, 0.1) is 0 Å². The number of allylic oxidation sites excluding steroid dienone is 1. The maximum Gasteiger partial charge on any atom is 0.122 e. The molecule has 3 rings (SSSR count). The molecule has 78 valence electrons. The number of epoxide rings is 1. The SMILES string of the molecule is C1=C(OCC2CO2)c2ccccc2CC1. The number of ether oxygens (including phenoxy) is 2. The molecule has 2 nitrogen and oxygen atoms in total. The van der Waals surface area contributed by atoms with Gasteiger partial charge in [-0.25, -0.2) is 0 Å². The minimum Gasteiger partial charge on any atom is -0.490 e. The second-order valence-electron chi connectivity index (χ2n) is 4.03. The second kappa shape index (κ2) is 3.70. The Kier molecular flexibility index (Phi) is 2.22. The Labute approximate surface area is 89.5 Å². The van der Waals surface area contributed by atoms with E-state index in [1.165, 1.54) is 11.1 Å². The first kappa shape index (κ1) is 8.98. The monoisotopic (exact) mass is 202 g/mol. The van der Waals surface area contributed by atoms with Gasteiger partial charge in [0.05, 0.1) is 6.61 Å². The zero-order valence-corrected chi connectivity index (χ0v) is 8.61. The standard InChI is InChI=1S/C13H14O2/c1-2-6-12-10(4-1)5-3-7-13(12)15-9-11-8-14-11/h1-2,4,6-7,11H,3,5,8-9H2. The van der Waals surface area contributed by atoms with Gasteiger partial charge in [0, 0.05) is 5.56 Å². The van der Waals surface area contributed by atoms with Gasteiger partial charge in [0.2, 0.25) is 0 Å². The fourth-order valence-corrected chi connectivity index (χ4v) is 1.93. The third kappa shape index (κ3) is 1.90. The summed E-state index contributed by atoms with van der Waals surface area (Å²) in [7, 11) is 0. The molecule has 0 N–H and O–H groups in total. The number of rotatable bonds is 3. The maximum atomic E-state index is 5.77. The molecular formula is C13H14O2. The zero-order chi connectivity index (χ0) is 10.1. The van der Waals surface area contributed by atoms with Crippen LogP contribution in [0.4, 0.5) is 0 Å². The summed E-state index contributed by atoms with van der Waals surface area (Å²) in [6.07, 6.45) is 4.73. The summed E-state index contributed by atoms with van der Waals surface area (Å²) in [6, 6.07) is 8.47. The average Bonchev–Trinajstić information content (AvgIpc) is 3.10. The van der Waals surface area contributed by atoms with E-state index in [2.05, 4.69) is 30.3 Å². The lowest BCUT2D eigenvalue weighted by atomic mass is 9.96. The second-order valence-corrected chi connectivity index (χ2v) is 4.03. The van der Waals surface area contributed by atoms with Crippen molar-refractivity contribution >= 4 is 5.76 Å². The average molecular weight is 202 g/mol. The number of benzene rings is 1. The molecule has 1 aromatic rings. The molecule has 0 spiro atoms.